The van der Waals surface area contributed by atoms with Gasteiger partial charge in [-0.1, -0.05) is 36.4 Å². The zero-order chi connectivity index (χ0) is 21.1. The molecule has 0 aliphatic heterocycles. The fourth-order valence-electron chi connectivity index (χ4n) is 3.20. The van der Waals surface area contributed by atoms with Crippen LogP contribution in [0.2, 0.25) is 0 Å². The van der Waals surface area contributed by atoms with E-state index in [1.54, 1.807) is 30.3 Å². The van der Waals surface area contributed by atoms with Crippen LogP contribution >= 0.6 is 11.3 Å². The summed E-state index contributed by atoms with van der Waals surface area (Å²) in [7, 11) is -3.34. The van der Waals surface area contributed by atoms with Crippen LogP contribution in [0.3, 0.4) is 0 Å². The molecule has 0 saturated carbocycles. The summed E-state index contributed by atoms with van der Waals surface area (Å²) in [6, 6.07) is 20.0. The highest BCUT2D eigenvalue weighted by Gasteiger charge is 2.18. The molecule has 0 aliphatic rings. The lowest BCUT2D eigenvalue weighted by Gasteiger charge is -2.06. The lowest BCUT2D eigenvalue weighted by Crippen LogP contribution is -2.25. The Balaban J connectivity index is 1.42. The van der Waals surface area contributed by atoms with E-state index in [9.17, 15) is 13.2 Å². The molecule has 1 N–H and O–H groups in total. The third-order valence-electron chi connectivity index (χ3n) is 4.75. The Labute approximate surface area is 179 Å². The van der Waals surface area contributed by atoms with E-state index in [4.69, 9.17) is 0 Å². The van der Waals surface area contributed by atoms with Crippen LogP contribution in [0.25, 0.3) is 15.9 Å². The van der Waals surface area contributed by atoms with E-state index in [-0.39, 0.29) is 11.7 Å². The van der Waals surface area contributed by atoms with Crippen molar-refractivity contribution in [1.82, 2.24) is 15.1 Å². The van der Waals surface area contributed by atoms with Gasteiger partial charge in [-0.25, -0.2) is 13.1 Å². The maximum Gasteiger partial charge on any atom is 0.261 e. The molecule has 8 heteroatoms. The molecule has 0 saturated heterocycles. The maximum absolute atomic E-state index is 12.6. The van der Waals surface area contributed by atoms with Crippen molar-refractivity contribution in [3.05, 3.63) is 77.3 Å². The molecular formula is C22H21N3O3S2. The quantitative estimate of drug-likeness (QED) is 0.442. The van der Waals surface area contributed by atoms with Gasteiger partial charge in [0.15, 0.2) is 9.84 Å². The van der Waals surface area contributed by atoms with Crippen molar-refractivity contribution in [3.63, 3.8) is 0 Å². The van der Waals surface area contributed by atoms with E-state index in [0.29, 0.717) is 22.7 Å². The van der Waals surface area contributed by atoms with Gasteiger partial charge in [0, 0.05) is 11.9 Å². The number of carbonyl (C=O) groups excluding carboxylic acids is 1. The second-order valence-corrected chi connectivity index (χ2v) is 10.0. The number of benzene rings is 2. The first-order valence-electron chi connectivity index (χ1n) is 9.56. The SMILES string of the molecule is Cc1nn(-c2ccccc2)c2sc(C(=O)NCCCS(=O)(=O)c3ccccc3)cc12. The summed E-state index contributed by atoms with van der Waals surface area (Å²) >= 11 is 1.38. The van der Waals surface area contributed by atoms with Crippen molar-refractivity contribution in [1.29, 1.82) is 0 Å². The van der Waals surface area contributed by atoms with Crippen LogP contribution in [0.5, 0.6) is 0 Å². The number of aryl methyl sites for hydroxylation is 1. The molecule has 2 aromatic heterocycles. The number of hydrogen-bond acceptors (Lipinski definition) is 5. The summed E-state index contributed by atoms with van der Waals surface area (Å²) in [5.74, 6) is -0.210. The number of hydrogen-bond donors (Lipinski definition) is 1. The van der Waals surface area contributed by atoms with Crippen molar-refractivity contribution >= 4 is 37.3 Å². The van der Waals surface area contributed by atoms with Gasteiger partial charge in [0.25, 0.3) is 5.91 Å². The van der Waals surface area contributed by atoms with E-state index in [0.717, 1.165) is 21.6 Å². The lowest BCUT2D eigenvalue weighted by atomic mass is 10.3. The summed E-state index contributed by atoms with van der Waals surface area (Å²) < 4.78 is 26.5. The van der Waals surface area contributed by atoms with Crippen LogP contribution < -0.4 is 5.32 Å². The highest BCUT2D eigenvalue weighted by molar-refractivity contribution is 7.91. The molecule has 0 bridgehead atoms. The minimum atomic E-state index is -3.34. The van der Waals surface area contributed by atoms with Crippen LogP contribution in [0.15, 0.2) is 71.6 Å². The lowest BCUT2D eigenvalue weighted by molar-refractivity contribution is 0.0958. The molecular weight excluding hydrogens is 418 g/mol. The summed E-state index contributed by atoms with van der Waals surface area (Å²) in [5, 5.41) is 8.36. The van der Waals surface area contributed by atoms with Crippen molar-refractivity contribution in [2.24, 2.45) is 0 Å². The molecule has 6 nitrogen and oxygen atoms in total. The van der Waals surface area contributed by atoms with E-state index in [1.807, 2.05) is 48.0 Å². The zero-order valence-electron chi connectivity index (χ0n) is 16.4. The molecule has 0 atom stereocenters. The number of sulfone groups is 1. The Hall–Kier alpha value is -2.97. The predicted molar refractivity (Wildman–Crippen MR) is 119 cm³/mol. The summed E-state index contributed by atoms with van der Waals surface area (Å²) in [5.41, 5.74) is 1.80. The van der Waals surface area contributed by atoms with Gasteiger partial charge in [0.2, 0.25) is 0 Å². The average molecular weight is 440 g/mol. The minimum Gasteiger partial charge on any atom is -0.351 e. The standard InChI is InChI=1S/C22H21N3O3S2/c1-16-19-15-20(29-22(19)25(24-16)17-9-4-2-5-10-17)21(26)23-13-8-14-30(27,28)18-11-6-3-7-12-18/h2-7,9-12,15H,8,13-14H2,1H3,(H,23,26). The normalized spacial score (nSPS) is 11.6. The van der Waals surface area contributed by atoms with Gasteiger partial charge in [0.05, 0.1) is 26.9 Å². The van der Waals surface area contributed by atoms with Crippen LogP contribution in [0.1, 0.15) is 21.8 Å². The average Bonchev–Trinajstić information content (AvgIpc) is 3.33. The molecule has 0 spiro atoms. The molecule has 1 amide bonds. The van der Waals surface area contributed by atoms with Crippen molar-refractivity contribution in [2.75, 3.05) is 12.3 Å². The number of carbonyl (C=O) groups is 1. The van der Waals surface area contributed by atoms with Crippen LogP contribution in [0, 0.1) is 6.92 Å². The fraction of sp³-hybridized carbons (Fsp3) is 0.182. The van der Waals surface area contributed by atoms with Crippen molar-refractivity contribution in [3.8, 4) is 5.69 Å². The number of rotatable bonds is 7. The number of nitrogens with zero attached hydrogens (tertiary/aromatic N) is 2. The van der Waals surface area contributed by atoms with Gasteiger partial charge in [0.1, 0.15) is 4.83 Å². The summed E-state index contributed by atoms with van der Waals surface area (Å²) in [6.45, 7) is 2.22. The Kier molecular flexibility index (Phi) is 5.69. The summed E-state index contributed by atoms with van der Waals surface area (Å²) in [6.07, 6.45) is 0.352. The van der Waals surface area contributed by atoms with Gasteiger partial charge >= 0.3 is 0 Å². The number of aromatic nitrogens is 2. The second-order valence-electron chi connectivity index (χ2n) is 6.90. The first kappa shape index (κ1) is 20.3. The summed E-state index contributed by atoms with van der Waals surface area (Å²) in [4.78, 5) is 14.4. The van der Waals surface area contributed by atoms with E-state index < -0.39 is 9.84 Å². The van der Waals surface area contributed by atoms with Gasteiger partial charge in [-0.15, -0.1) is 11.3 Å². The molecule has 0 unspecified atom stereocenters. The Morgan fingerprint density at radius 2 is 1.73 bits per heavy atom. The van der Waals surface area contributed by atoms with Gasteiger partial charge in [-0.05, 0) is 43.7 Å². The van der Waals surface area contributed by atoms with Gasteiger partial charge in [-0.3, -0.25) is 4.79 Å². The smallest absolute Gasteiger partial charge is 0.261 e. The first-order valence-corrected chi connectivity index (χ1v) is 12.0. The van der Waals surface area contributed by atoms with Crippen LogP contribution in [-0.2, 0) is 9.84 Å². The molecule has 30 heavy (non-hydrogen) atoms. The number of nitrogens with one attached hydrogen (secondary N) is 1. The largest absolute Gasteiger partial charge is 0.351 e. The highest BCUT2D eigenvalue weighted by atomic mass is 32.2. The number of amides is 1. The molecule has 0 fully saturated rings. The van der Waals surface area contributed by atoms with E-state index in [2.05, 4.69) is 10.4 Å². The maximum atomic E-state index is 12.6. The fourth-order valence-corrected chi connectivity index (χ4v) is 5.63. The first-order chi connectivity index (χ1) is 14.5. The number of thiophene rings is 1. The number of fused-ring (bicyclic) bond motifs is 1. The van der Waals surface area contributed by atoms with Crippen molar-refractivity contribution < 1.29 is 13.2 Å². The van der Waals surface area contributed by atoms with E-state index in [1.165, 1.54) is 11.3 Å². The number of para-hydroxylation sites is 1. The van der Waals surface area contributed by atoms with Gasteiger partial charge in [-0.2, -0.15) is 5.10 Å². The Morgan fingerprint density at radius 3 is 2.43 bits per heavy atom. The zero-order valence-corrected chi connectivity index (χ0v) is 18.0. The molecule has 4 rings (SSSR count). The highest BCUT2D eigenvalue weighted by Crippen LogP contribution is 2.30. The second kappa shape index (κ2) is 8.41. The third-order valence-corrected chi connectivity index (χ3v) is 7.67. The minimum absolute atomic E-state index is 0.00815. The molecule has 0 radical (unpaired) electrons. The van der Waals surface area contributed by atoms with Crippen molar-refractivity contribution in [2.45, 2.75) is 18.2 Å². The topological polar surface area (TPSA) is 81.1 Å². The van der Waals surface area contributed by atoms with E-state index >= 15 is 0 Å². The Bertz CT molecular complexity index is 1280. The molecule has 2 aromatic carbocycles. The van der Waals surface area contributed by atoms with Crippen LogP contribution in [0.4, 0.5) is 0 Å². The molecule has 0 aliphatic carbocycles. The molecule has 2 heterocycles. The predicted octanol–water partition coefficient (Wildman–Crippen LogP) is 3.99. The van der Waals surface area contributed by atoms with Gasteiger partial charge < -0.3 is 5.32 Å². The Morgan fingerprint density at radius 1 is 1.07 bits per heavy atom. The van der Waals surface area contributed by atoms with Crippen LogP contribution in [-0.4, -0.2) is 36.4 Å². The monoisotopic (exact) mass is 439 g/mol. The molecule has 4 aromatic rings. The molecule has 154 valence electrons. The third kappa shape index (κ3) is 4.15.